The Labute approximate surface area is 170 Å². The monoisotopic (exact) mass is 401 g/mol. The lowest BCUT2D eigenvalue weighted by Crippen LogP contribution is -2.69. The van der Waals surface area contributed by atoms with E-state index in [0.29, 0.717) is 0 Å². The number of aryl methyl sites for hydroxylation is 2. The lowest BCUT2D eigenvalue weighted by atomic mass is 9.79. The zero-order valence-electron chi connectivity index (χ0n) is 15.7. The van der Waals surface area contributed by atoms with Gasteiger partial charge in [-0.15, -0.1) is 25.3 Å². The Hall–Kier alpha value is -1.65. The van der Waals surface area contributed by atoms with Gasteiger partial charge in [0.2, 0.25) is 0 Å². The van der Waals surface area contributed by atoms with E-state index in [0.717, 1.165) is 24.8 Å². The van der Waals surface area contributed by atoms with Crippen molar-refractivity contribution in [3.63, 3.8) is 0 Å². The first kappa shape index (κ1) is 18.7. The molecule has 0 N–H and O–H groups in total. The molecule has 0 spiro atoms. The Morgan fingerprint density at radius 3 is 2.48 bits per heavy atom. The average Bonchev–Trinajstić information content (AvgIpc) is 3.19. The van der Waals surface area contributed by atoms with Gasteiger partial charge in [-0.3, -0.25) is 9.59 Å². The molecule has 2 saturated heterocycles. The van der Waals surface area contributed by atoms with E-state index in [9.17, 15) is 14.9 Å². The van der Waals surface area contributed by atoms with Gasteiger partial charge in [0.25, 0.3) is 11.8 Å². The highest BCUT2D eigenvalue weighted by molar-refractivity contribution is 7.83. The number of carbonyl (C=O) groups excluding carboxylic acids is 2. The van der Waals surface area contributed by atoms with Crippen molar-refractivity contribution in [3.8, 4) is 6.07 Å². The van der Waals surface area contributed by atoms with Crippen molar-refractivity contribution in [2.24, 2.45) is 5.41 Å². The summed E-state index contributed by atoms with van der Waals surface area (Å²) in [5.74, 6) is -0.597. The van der Waals surface area contributed by atoms with Gasteiger partial charge in [0.15, 0.2) is 9.74 Å². The third-order valence-corrected chi connectivity index (χ3v) is 7.55. The number of nitrogens with zero attached hydrogens (tertiary/aromatic N) is 3. The number of likely N-dealkylation sites (N-methyl/N-ethyl adjacent to an activating group) is 1. The maximum absolute atomic E-state index is 13.4. The Kier molecular flexibility index (Phi) is 3.93. The summed E-state index contributed by atoms with van der Waals surface area (Å²) < 4.78 is 0. The van der Waals surface area contributed by atoms with E-state index in [1.807, 2.05) is 13.0 Å². The molecule has 0 radical (unpaired) electrons. The summed E-state index contributed by atoms with van der Waals surface area (Å²) in [4.78, 5) is 26.8. The van der Waals surface area contributed by atoms with E-state index >= 15 is 0 Å². The fraction of sp³-hybridized carbons (Fsp3) is 0.550. The zero-order chi connectivity index (χ0) is 19.8. The molecular formula is C20H23N3O2S2. The van der Waals surface area contributed by atoms with Gasteiger partial charge in [0.1, 0.15) is 0 Å². The number of rotatable bonds is 1. The van der Waals surface area contributed by atoms with Crippen LogP contribution < -0.4 is 0 Å². The van der Waals surface area contributed by atoms with Gasteiger partial charge in [-0.05, 0) is 49.8 Å². The highest BCUT2D eigenvalue weighted by atomic mass is 32.1. The molecule has 2 heterocycles. The van der Waals surface area contributed by atoms with Crippen molar-refractivity contribution >= 4 is 37.1 Å². The SMILES string of the molecule is CN1C(=O)C2(S)CC(C)(C#N)C(c3ccc4c(c3)CCC4)N2C(=O)C1(C)S. The normalized spacial score (nSPS) is 38.0. The number of piperazine rings is 1. The van der Waals surface area contributed by atoms with Crippen LogP contribution in [-0.2, 0) is 22.4 Å². The molecule has 0 bridgehead atoms. The van der Waals surface area contributed by atoms with Gasteiger partial charge in [-0.25, -0.2) is 0 Å². The minimum Gasteiger partial charge on any atom is -0.320 e. The Bertz CT molecular complexity index is 909. The smallest absolute Gasteiger partial charge is 0.260 e. The van der Waals surface area contributed by atoms with Gasteiger partial charge >= 0.3 is 0 Å². The van der Waals surface area contributed by atoms with E-state index in [1.54, 1.807) is 14.0 Å². The number of hydrogen-bond acceptors (Lipinski definition) is 5. The topological polar surface area (TPSA) is 64.4 Å². The van der Waals surface area contributed by atoms with Crippen LogP contribution in [0.5, 0.6) is 0 Å². The van der Waals surface area contributed by atoms with Crippen LogP contribution in [0, 0.1) is 16.7 Å². The van der Waals surface area contributed by atoms with Crippen molar-refractivity contribution in [3.05, 3.63) is 34.9 Å². The third kappa shape index (κ3) is 2.32. The van der Waals surface area contributed by atoms with Gasteiger partial charge in [0, 0.05) is 13.5 Å². The number of benzene rings is 1. The quantitative estimate of drug-likeness (QED) is 0.711. The van der Waals surface area contributed by atoms with Crippen LogP contribution >= 0.6 is 25.3 Å². The second kappa shape index (κ2) is 5.68. The summed E-state index contributed by atoms with van der Waals surface area (Å²) in [6, 6.07) is 8.04. The number of carbonyl (C=O) groups is 2. The molecular weight excluding hydrogens is 378 g/mol. The summed E-state index contributed by atoms with van der Waals surface area (Å²) in [5, 5.41) is 10.0. The summed E-state index contributed by atoms with van der Waals surface area (Å²) in [6.07, 6.45) is 3.37. The van der Waals surface area contributed by atoms with Crippen molar-refractivity contribution in [2.75, 3.05) is 7.05 Å². The molecule has 142 valence electrons. The van der Waals surface area contributed by atoms with Crippen LogP contribution in [0.15, 0.2) is 18.2 Å². The maximum Gasteiger partial charge on any atom is 0.260 e. The van der Waals surface area contributed by atoms with Gasteiger partial charge < -0.3 is 9.80 Å². The molecule has 1 aliphatic carbocycles. The van der Waals surface area contributed by atoms with Crippen LogP contribution in [0.1, 0.15) is 49.4 Å². The molecule has 7 heteroatoms. The highest BCUT2D eigenvalue weighted by Gasteiger charge is 2.68. The number of nitriles is 1. The van der Waals surface area contributed by atoms with E-state index in [2.05, 4.69) is 43.5 Å². The fourth-order valence-electron chi connectivity index (χ4n) is 4.87. The summed E-state index contributed by atoms with van der Waals surface area (Å²) >= 11 is 9.17. The second-order valence-electron chi connectivity index (χ2n) is 8.37. The van der Waals surface area contributed by atoms with Gasteiger partial charge in [-0.2, -0.15) is 5.26 Å². The number of thiol groups is 2. The molecule has 1 aromatic rings. The van der Waals surface area contributed by atoms with Gasteiger partial charge in [0.05, 0.1) is 17.5 Å². The molecule has 2 fully saturated rings. The van der Waals surface area contributed by atoms with Crippen LogP contribution in [0.4, 0.5) is 0 Å². The van der Waals surface area contributed by atoms with Crippen molar-refractivity contribution in [1.29, 1.82) is 5.26 Å². The summed E-state index contributed by atoms with van der Waals surface area (Å²) in [6.45, 7) is 3.43. The molecule has 27 heavy (non-hydrogen) atoms. The molecule has 4 rings (SSSR count). The molecule has 4 unspecified atom stereocenters. The molecule has 2 amide bonds. The Balaban J connectivity index is 1.91. The average molecular weight is 402 g/mol. The lowest BCUT2D eigenvalue weighted by molar-refractivity contribution is -0.163. The number of hydrogen-bond donors (Lipinski definition) is 2. The standard InChI is InChI=1S/C20H23N3O2S2/c1-18(11-21)10-20(27)17(25)22(3)19(2,26)16(24)23(20)15(18)14-8-7-12-5-4-6-13(12)9-14/h7-9,15,26-27H,4-6,10H2,1-3H3. The maximum atomic E-state index is 13.4. The van der Waals surface area contributed by atoms with Gasteiger partial charge in [-0.1, -0.05) is 18.2 Å². The Morgan fingerprint density at radius 1 is 1.15 bits per heavy atom. The zero-order valence-corrected chi connectivity index (χ0v) is 17.5. The predicted molar refractivity (Wildman–Crippen MR) is 108 cm³/mol. The highest BCUT2D eigenvalue weighted by Crippen LogP contribution is 2.59. The largest absolute Gasteiger partial charge is 0.320 e. The number of fused-ring (bicyclic) bond motifs is 2. The van der Waals surface area contributed by atoms with Crippen LogP contribution in [0.2, 0.25) is 0 Å². The summed E-state index contributed by atoms with van der Waals surface area (Å²) in [5.41, 5.74) is 2.57. The summed E-state index contributed by atoms with van der Waals surface area (Å²) in [7, 11) is 1.56. The first-order chi connectivity index (χ1) is 12.6. The van der Waals surface area contributed by atoms with E-state index in [-0.39, 0.29) is 18.2 Å². The first-order valence-corrected chi connectivity index (χ1v) is 10.1. The Morgan fingerprint density at radius 2 is 1.81 bits per heavy atom. The van der Waals surface area contributed by atoms with Crippen LogP contribution in [0.3, 0.4) is 0 Å². The van der Waals surface area contributed by atoms with E-state index < -0.39 is 21.2 Å². The minimum atomic E-state index is -1.35. The lowest BCUT2D eigenvalue weighted by Gasteiger charge is -2.50. The fourth-order valence-corrected chi connectivity index (χ4v) is 5.76. The molecule has 1 aromatic carbocycles. The molecule has 3 aliphatic rings. The first-order valence-electron chi connectivity index (χ1n) is 9.16. The molecule has 4 atom stereocenters. The molecule has 0 saturated carbocycles. The second-order valence-corrected chi connectivity index (χ2v) is 9.98. The minimum absolute atomic E-state index is 0.181. The van der Waals surface area contributed by atoms with Crippen molar-refractivity contribution in [1.82, 2.24) is 9.80 Å². The van der Waals surface area contributed by atoms with Crippen LogP contribution in [-0.4, -0.2) is 38.4 Å². The molecule has 5 nitrogen and oxygen atoms in total. The third-order valence-electron chi connectivity index (χ3n) is 6.49. The van der Waals surface area contributed by atoms with E-state index in [4.69, 9.17) is 0 Å². The predicted octanol–water partition coefficient (Wildman–Crippen LogP) is 2.72. The van der Waals surface area contributed by atoms with Crippen molar-refractivity contribution in [2.45, 2.75) is 55.3 Å². The van der Waals surface area contributed by atoms with Crippen molar-refractivity contribution < 1.29 is 9.59 Å². The van der Waals surface area contributed by atoms with Crippen LogP contribution in [0.25, 0.3) is 0 Å². The van der Waals surface area contributed by atoms with E-state index in [1.165, 1.54) is 20.9 Å². The number of amides is 2. The molecule has 2 aliphatic heterocycles. The molecule has 0 aromatic heterocycles.